The lowest BCUT2D eigenvalue weighted by molar-refractivity contribution is -0.0472. The van der Waals surface area contributed by atoms with Gasteiger partial charge in [0.05, 0.1) is 43.3 Å². The molecular weight excluding hydrogens is 419 g/mol. The van der Waals surface area contributed by atoms with Gasteiger partial charge >= 0.3 is 0 Å². The Morgan fingerprint density at radius 3 is 2.75 bits per heavy atom. The third-order valence-electron chi connectivity index (χ3n) is 5.69. The summed E-state index contributed by atoms with van der Waals surface area (Å²) in [6.45, 7) is 1.58. The van der Waals surface area contributed by atoms with Crippen molar-refractivity contribution in [1.82, 2.24) is 14.6 Å². The smallest absolute Gasteiger partial charge is 0.212 e. The van der Waals surface area contributed by atoms with Gasteiger partial charge in [-0.15, -0.1) is 0 Å². The van der Waals surface area contributed by atoms with Crippen molar-refractivity contribution in [1.29, 1.82) is 5.26 Å². The van der Waals surface area contributed by atoms with Crippen molar-refractivity contribution >= 4 is 5.52 Å². The number of methoxy groups -OCH3 is 1. The number of halogens is 1. The Morgan fingerprint density at radius 2 is 2.00 bits per heavy atom. The van der Waals surface area contributed by atoms with Gasteiger partial charge in [0.2, 0.25) is 5.95 Å². The first-order chi connectivity index (χ1) is 15.7. The number of fused-ring (bicyclic) bond motifs is 2. The molecule has 0 bridgehead atoms. The normalized spacial score (nSPS) is 24.5. The highest BCUT2D eigenvalue weighted by atomic mass is 19.1. The van der Waals surface area contributed by atoms with E-state index >= 15 is 0 Å². The largest absolute Gasteiger partial charge is 0.490 e. The highest BCUT2D eigenvalue weighted by Gasteiger charge is 2.48. The summed E-state index contributed by atoms with van der Waals surface area (Å²) >= 11 is 0. The third-order valence-corrected chi connectivity index (χ3v) is 5.69. The quantitative estimate of drug-likeness (QED) is 0.406. The van der Waals surface area contributed by atoms with Gasteiger partial charge in [0.1, 0.15) is 42.8 Å². The average molecular weight is 440 g/mol. The van der Waals surface area contributed by atoms with Crippen LogP contribution in [0.25, 0.3) is 16.6 Å². The molecule has 0 saturated carbocycles. The molecule has 32 heavy (non-hydrogen) atoms. The van der Waals surface area contributed by atoms with Crippen molar-refractivity contribution in [2.45, 2.75) is 24.4 Å². The number of hydrogen-bond donors (Lipinski definition) is 0. The molecular formula is C22H21FN4O5. The SMILES string of the molecule is CO[C@@H]1CO[C@H]2[C@@H]1OC[C@H]2OCCOc1cc(-c2ccc(F)nc2)c2c(C#N)cnn2c1. The number of aromatic nitrogens is 3. The van der Waals surface area contributed by atoms with Gasteiger partial charge in [0, 0.05) is 24.4 Å². The van der Waals surface area contributed by atoms with E-state index in [2.05, 4.69) is 16.2 Å². The van der Waals surface area contributed by atoms with Crippen LogP contribution in [0.2, 0.25) is 0 Å². The molecule has 0 spiro atoms. The minimum absolute atomic E-state index is 0.0664. The Kier molecular flexibility index (Phi) is 5.71. The maximum atomic E-state index is 13.3. The fourth-order valence-corrected chi connectivity index (χ4v) is 4.15. The lowest BCUT2D eigenvalue weighted by atomic mass is 10.1. The predicted octanol–water partition coefficient (Wildman–Crippen LogP) is 1.98. The molecule has 3 aromatic rings. The Labute approximate surface area is 183 Å². The van der Waals surface area contributed by atoms with Gasteiger partial charge in [-0.3, -0.25) is 0 Å². The molecule has 2 fully saturated rings. The van der Waals surface area contributed by atoms with Crippen LogP contribution in [0, 0.1) is 17.3 Å². The topological polar surface area (TPSA) is 100 Å². The summed E-state index contributed by atoms with van der Waals surface area (Å²) in [6, 6.07) is 6.78. The van der Waals surface area contributed by atoms with Gasteiger partial charge in [-0.2, -0.15) is 14.8 Å². The monoisotopic (exact) mass is 440 g/mol. The van der Waals surface area contributed by atoms with E-state index in [1.54, 1.807) is 30.0 Å². The zero-order valence-electron chi connectivity index (χ0n) is 17.3. The molecule has 10 heteroatoms. The Bertz CT molecular complexity index is 1150. The Balaban J connectivity index is 1.28. The second kappa shape index (κ2) is 8.80. The van der Waals surface area contributed by atoms with Crippen molar-refractivity contribution < 1.29 is 28.1 Å². The summed E-state index contributed by atoms with van der Waals surface area (Å²) in [4.78, 5) is 3.72. The number of pyridine rings is 2. The van der Waals surface area contributed by atoms with Crippen LogP contribution in [0.4, 0.5) is 4.39 Å². The summed E-state index contributed by atoms with van der Waals surface area (Å²) in [5.41, 5.74) is 2.32. The molecule has 9 nitrogen and oxygen atoms in total. The van der Waals surface area contributed by atoms with Gasteiger partial charge < -0.3 is 23.7 Å². The number of ether oxygens (including phenoxy) is 5. The van der Waals surface area contributed by atoms with E-state index in [-0.39, 0.29) is 24.4 Å². The zero-order valence-corrected chi connectivity index (χ0v) is 17.3. The van der Waals surface area contributed by atoms with Gasteiger partial charge in [0.25, 0.3) is 0 Å². The lowest BCUT2D eigenvalue weighted by Gasteiger charge is -2.17. The van der Waals surface area contributed by atoms with Gasteiger partial charge in [-0.25, -0.2) is 9.50 Å². The maximum absolute atomic E-state index is 13.3. The van der Waals surface area contributed by atoms with E-state index in [4.69, 9.17) is 23.7 Å². The molecule has 0 N–H and O–H groups in total. The average Bonchev–Trinajstić information content (AvgIpc) is 3.52. The summed E-state index contributed by atoms with van der Waals surface area (Å²) in [7, 11) is 1.65. The third kappa shape index (κ3) is 3.80. The highest BCUT2D eigenvalue weighted by molar-refractivity contribution is 5.84. The highest BCUT2D eigenvalue weighted by Crippen LogP contribution is 2.31. The van der Waals surface area contributed by atoms with Gasteiger partial charge in [0.15, 0.2) is 0 Å². The van der Waals surface area contributed by atoms with Crippen LogP contribution in [0.1, 0.15) is 5.56 Å². The first-order valence-corrected chi connectivity index (χ1v) is 10.2. The number of rotatable bonds is 7. The lowest BCUT2D eigenvalue weighted by Crippen LogP contribution is -2.34. The molecule has 2 aliphatic rings. The summed E-state index contributed by atoms with van der Waals surface area (Å²) in [6.07, 6.45) is 4.11. The minimum Gasteiger partial charge on any atom is -0.490 e. The van der Waals surface area contributed by atoms with Gasteiger partial charge in [-0.05, 0) is 18.2 Å². The number of nitriles is 1. The fraction of sp³-hybridized carbons (Fsp3) is 0.409. The molecule has 0 aromatic carbocycles. The number of nitrogens with zero attached hydrogens (tertiary/aromatic N) is 4. The van der Waals surface area contributed by atoms with Crippen LogP contribution in [0.15, 0.2) is 36.8 Å². The van der Waals surface area contributed by atoms with E-state index in [9.17, 15) is 9.65 Å². The van der Waals surface area contributed by atoms with Crippen LogP contribution >= 0.6 is 0 Å². The fourth-order valence-electron chi connectivity index (χ4n) is 4.15. The van der Waals surface area contributed by atoms with E-state index in [1.807, 2.05) is 0 Å². The first kappa shape index (κ1) is 20.8. The summed E-state index contributed by atoms with van der Waals surface area (Å²) in [5.74, 6) is -0.0466. The number of hydrogen-bond acceptors (Lipinski definition) is 8. The Hall–Kier alpha value is -3.10. The second-order valence-electron chi connectivity index (χ2n) is 7.55. The molecule has 5 rings (SSSR count). The standard InChI is InChI=1S/C22H21FN4O5/c1-28-17-11-31-22-18(12-32-21(17)22)30-5-4-29-15-6-16(13-2-3-19(23)25-8-13)20-14(7-24)9-26-27(20)10-15/h2-3,6,8-10,17-18,21-22H,4-5,11-12H2,1H3/t17-,18-,21-,22-/m1/s1. The maximum Gasteiger partial charge on any atom is 0.212 e. The molecule has 0 aliphatic carbocycles. The van der Waals surface area contributed by atoms with Crippen LogP contribution in [-0.2, 0) is 18.9 Å². The van der Waals surface area contributed by atoms with E-state index in [0.717, 1.165) is 0 Å². The minimum atomic E-state index is -0.579. The second-order valence-corrected chi connectivity index (χ2v) is 7.55. The molecule has 166 valence electrons. The van der Waals surface area contributed by atoms with E-state index in [0.29, 0.717) is 54.4 Å². The van der Waals surface area contributed by atoms with Gasteiger partial charge in [-0.1, -0.05) is 0 Å². The molecule has 0 unspecified atom stereocenters. The molecule has 2 saturated heterocycles. The molecule has 2 aliphatic heterocycles. The summed E-state index contributed by atoms with van der Waals surface area (Å²) in [5, 5.41) is 13.7. The van der Waals surface area contributed by atoms with Crippen molar-refractivity contribution in [2.75, 3.05) is 33.5 Å². The van der Waals surface area contributed by atoms with Crippen molar-refractivity contribution in [3.05, 3.63) is 48.3 Å². The van der Waals surface area contributed by atoms with Crippen LogP contribution in [0.5, 0.6) is 5.75 Å². The van der Waals surface area contributed by atoms with Crippen LogP contribution in [-0.4, -0.2) is 72.6 Å². The molecule has 5 heterocycles. The molecule has 0 amide bonds. The Morgan fingerprint density at radius 1 is 1.19 bits per heavy atom. The molecule has 3 aromatic heterocycles. The van der Waals surface area contributed by atoms with Crippen molar-refractivity contribution in [3.63, 3.8) is 0 Å². The molecule has 4 atom stereocenters. The predicted molar refractivity (Wildman–Crippen MR) is 109 cm³/mol. The van der Waals surface area contributed by atoms with E-state index < -0.39 is 5.95 Å². The molecule has 0 radical (unpaired) electrons. The van der Waals surface area contributed by atoms with Crippen molar-refractivity contribution in [2.24, 2.45) is 0 Å². The first-order valence-electron chi connectivity index (χ1n) is 10.2. The zero-order chi connectivity index (χ0) is 22.1. The van der Waals surface area contributed by atoms with Crippen molar-refractivity contribution in [3.8, 4) is 22.9 Å². The van der Waals surface area contributed by atoms with Crippen LogP contribution < -0.4 is 4.74 Å². The summed E-state index contributed by atoms with van der Waals surface area (Å²) < 4.78 is 43.6. The van der Waals surface area contributed by atoms with Crippen LogP contribution in [0.3, 0.4) is 0 Å². The van der Waals surface area contributed by atoms with E-state index in [1.165, 1.54) is 18.5 Å².